The lowest BCUT2D eigenvalue weighted by atomic mass is 10.3. The molecule has 0 aliphatic carbocycles. The fraction of sp³-hybridized carbons (Fsp3) is 0.231. The Bertz CT molecular complexity index is 738. The molecule has 0 aromatic carbocycles. The van der Waals surface area contributed by atoms with Crippen molar-refractivity contribution >= 4 is 21.4 Å². The van der Waals surface area contributed by atoms with Gasteiger partial charge in [0.2, 0.25) is 0 Å². The van der Waals surface area contributed by atoms with Gasteiger partial charge in [-0.15, -0.1) is 11.3 Å². The van der Waals surface area contributed by atoms with E-state index < -0.39 is 0 Å². The number of aromatic nitrogens is 3. The van der Waals surface area contributed by atoms with Crippen LogP contribution in [0.1, 0.15) is 5.69 Å². The van der Waals surface area contributed by atoms with E-state index in [0.29, 0.717) is 6.54 Å². The average molecular weight is 259 g/mol. The molecule has 3 aromatic rings. The number of aryl methyl sites for hydroxylation is 3. The molecule has 4 nitrogen and oxygen atoms in total. The van der Waals surface area contributed by atoms with Crippen LogP contribution in [0.2, 0.25) is 0 Å². The van der Waals surface area contributed by atoms with Gasteiger partial charge in [0.1, 0.15) is 0 Å². The first-order valence-corrected chi connectivity index (χ1v) is 6.67. The first kappa shape index (κ1) is 11.2. The van der Waals surface area contributed by atoms with E-state index in [-0.39, 0.29) is 5.56 Å². The zero-order chi connectivity index (χ0) is 12.5. The normalized spacial score (nSPS) is 11.2. The highest BCUT2D eigenvalue weighted by molar-refractivity contribution is 7.17. The third-order valence-electron chi connectivity index (χ3n) is 3.12. The minimum absolute atomic E-state index is 0.0934. The van der Waals surface area contributed by atoms with Gasteiger partial charge in [-0.1, -0.05) is 0 Å². The van der Waals surface area contributed by atoms with Crippen LogP contribution in [0, 0.1) is 0 Å². The molecule has 0 atom stereocenters. The van der Waals surface area contributed by atoms with Crippen LogP contribution in [0.4, 0.5) is 0 Å². The molecule has 3 rings (SSSR count). The Hall–Kier alpha value is -1.88. The Labute approximate surface area is 108 Å². The van der Waals surface area contributed by atoms with Gasteiger partial charge < -0.3 is 4.57 Å². The fourth-order valence-corrected chi connectivity index (χ4v) is 2.84. The van der Waals surface area contributed by atoms with Crippen LogP contribution < -0.4 is 5.56 Å². The number of nitrogens with zero attached hydrogens (tertiary/aromatic N) is 3. The number of hydrogen-bond acceptors (Lipinski definition) is 3. The summed E-state index contributed by atoms with van der Waals surface area (Å²) in [5.74, 6) is 0. The van der Waals surface area contributed by atoms with Crippen LogP contribution in [0.3, 0.4) is 0 Å². The fourth-order valence-electron chi connectivity index (χ4n) is 2.06. The summed E-state index contributed by atoms with van der Waals surface area (Å²) in [6.45, 7) is 0.685. The highest BCUT2D eigenvalue weighted by atomic mass is 32.1. The molecule has 0 aliphatic heterocycles. The third kappa shape index (κ3) is 1.86. The van der Waals surface area contributed by atoms with Gasteiger partial charge in [-0.25, -0.2) is 0 Å². The minimum atomic E-state index is 0.0934. The lowest BCUT2D eigenvalue weighted by Gasteiger charge is -2.06. The number of rotatable bonds is 3. The second-order valence-corrected chi connectivity index (χ2v) is 5.16. The molecule has 92 valence electrons. The van der Waals surface area contributed by atoms with Crippen LogP contribution in [0.15, 0.2) is 40.8 Å². The van der Waals surface area contributed by atoms with Crippen molar-refractivity contribution < 1.29 is 0 Å². The zero-order valence-electron chi connectivity index (χ0n) is 10.0. The Balaban J connectivity index is 1.89. The summed E-state index contributed by atoms with van der Waals surface area (Å²) >= 11 is 1.60. The van der Waals surface area contributed by atoms with Gasteiger partial charge >= 0.3 is 0 Å². The summed E-state index contributed by atoms with van der Waals surface area (Å²) in [7, 11) is 1.92. The van der Waals surface area contributed by atoms with E-state index in [2.05, 4.69) is 5.10 Å². The van der Waals surface area contributed by atoms with Crippen LogP contribution in [0.25, 0.3) is 10.1 Å². The SMILES string of the molecule is Cn1nccc1CCn1ccc2sccc2c1=O. The highest BCUT2D eigenvalue weighted by Gasteiger charge is 2.04. The molecule has 0 fully saturated rings. The van der Waals surface area contributed by atoms with E-state index in [9.17, 15) is 4.79 Å². The average Bonchev–Trinajstić information content (AvgIpc) is 2.98. The smallest absolute Gasteiger partial charge is 0.259 e. The summed E-state index contributed by atoms with van der Waals surface area (Å²) in [5.41, 5.74) is 1.23. The van der Waals surface area contributed by atoms with E-state index >= 15 is 0 Å². The lowest BCUT2D eigenvalue weighted by Crippen LogP contribution is -2.20. The second kappa shape index (κ2) is 4.42. The maximum absolute atomic E-state index is 12.2. The van der Waals surface area contributed by atoms with Gasteiger partial charge in [0.05, 0.1) is 5.39 Å². The Morgan fingerprint density at radius 1 is 1.33 bits per heavy atom. The molecular formula is C13H13N3OS. The molecule has 3 heterocycles. The van der Waals surface area contributed by atoms with Crippen molar-refractivity contribution in [1.82, 2.24) is 14.3 Å². The molecule has 5 heteroatoms. The summed E-state index contributed by atoms with van der Waals surface area (Å²) in [6.07, 6.45) is 4.46. The van der Waals surface area contributed by atoms with E-state index in [1.165, 1.54) is 0 Å². The van der Waals surface area contributed by atoms with Crippen molar-refractivity contribution in [2.24, 2.45) is 7.05 Å². The van der Waals surface area contributed by atoms with Crippen molar-refractivity contribution in [3.8, 4) is 0 Å². The van der Waals surface area contributed by atoms with Crippen molar-refractivity contribution in [1.29, 1.82) is 0 Å². The Kier molecular flexibility index (Phi) is 2.76. The van der Waals surface area contributed by atoms with Crippen LogP contribution >= 0.6 is 11.3 Å². The lowest BCUT2D eigenvalue weighted by molar-refractivity contribution is 0.626. The van der Waals surface area contributed by atoms with E-state index in [0.717, 1.165) is 22.2 Å². The molecule has 0 N–H and O–H groups in total. The van der Waals surface area contributed by atoms with Crippen molar-refractivity contribution in [3.63, 3.8) is 0 Å². The summed E-state index contributed by atoms with van der Waals surface area (Å²) in [5, 5.41) is 6.89. The standard InChI is InChI=1S/C13H13N3OS/c1-15-10(2-6-14-15)3-7-16-8-4-12-11(13(16)17)5-9-18-12/h2,4-6,8-9H,3,7H2,1H3. The molecule has 0 aliphatic rings. The molecule has 18 heavy (non-hydrogen) atoms. The quantitative estimate of drug-likeness (QED) is 0.722. The van der Waals surface area contributed by atoms with Crippen LogP contribution in [-0.2, 0) is 20.0 Å². The number of fused-ring (bicyclic) bond motifs is 1. The van der Waals surface area contributed by atoms with Crippen LogP contribution in [-0.4, -0.2) is 14.3 Å². The number of pyridine rings is 1. The van der Waals surface area contributed by atoms with Gasteiger partial charge in [0.15, 0.2) is 0 Å². The summed E-state index contributed by atoms with van der Waals surface area (Å²) < 4.78 is 4.66. The van der Waals surface area contributed by atoms with Gasteiger partial charge in [-0.05, 0) is 23.6 Å². The maximum Gasteiger partial charge on any atom is 0.259 e. The predicted molar refractivity (Wildman–Crippen MR) is 73.0 cm³/mol. The first-order valence-electron chi connectivity index (χ1n) is 5.79. The third-order valence-corrected chi connectivity index (χ3v) is 4.01. The molecule has 0 radical (unpaired) electrons. The minimum Gasteiger partial charge on any atom is -0.315 e. The Morgan fingerprint density at radius 3 is 3.00 bits per heavy atom. The van der Waals surface area contributed by atoms with Crippen molar-refractivity contribution in [2.75, 3.05) is 0 Å². The first-order chi connectivity index (χ1) is 8.75. The molecule has 0 unspecified atom stereocenters. The topological polar surface area (TPSA) is 39.8 Å². The Morgan fingerprint density at radius 2 is 2.22 bits per heavy atom. The molecule has 0 spiro atoms. The molecule has 0 saturated heterocycles. The summed E-state index contributed by atoms with van der Waals surface area (Å²) in [6, 6.07) is 5.88. The molecule has 0 saturated carbocycles. The van der Waals surface area contributed by atoms with Gasteiger partial charge in [-0.3, -0.25) is 9.48 Å². The zero-order valence-corrected chi connectivity index (χ0v) is 10.9. The van der Waals surface area contributed by atoms with Gasteiger partial charge in [-0.2, -0.15) is 5.10 Å². The molecular weight excluding hydrogens is 246 g/mol. The van der Waals surface area contributed by atoms with Crippen LogP contribution in [0.5, 0.6) is 0 Å². The van der Waals surface area contributed by atoms with Crippen molar-refractivity contribution in [3.05, 3.63) is 52.0 Å². The monoisotopic (exact) mass is 259 g/mol. The summed E-state index contributed by atoms with van der Waals surface area (Å²) in [4.78, 5) is 12.2. The number of hydrogen-bond donors (Lipinski definition) is 0. The molecule has 0 amide bonds. The molecule has 3 aromatic heterocycles. The largest absolute Gasteiger partial charge is 0.315 e. The van der Waals surface area contributed by atoms with Gasteiger partial charge in [0, 0.05) is 42.8 Å². The van der Waals surface area contributed by atoms with Gasteiger partial charge in [0.25, 0.3) is 5.56 Å². The second-order valence-electron chi connectivity index (χ2n) is 4.21. The highest BCUT2D eigenvalue weighted by Crippen LogP contribution is 2.16. The number of thiophene rings is 1. The van der Waals surface area contributed by atoms with E-state index in [1.807, 2.05) is 41.5 Å². The predicted octanol–water partition coefficient (Wildman–Crippen LogP) is 2.04. The van der Waals surface area contributed by atoms with E-state index in [4.69, 9.17) is 0 Å². The van der Waals surface area contributed by atoms with E-state index in [1.54, 1.807) is 22.1 Å². The maximum atomic E-state index is 12.2. The molecule has 0 bridgehead atoms. The van der Waals surface area contributed by atoms with Crippen molar-refractivity contribution in [2.45, 2.75) is 13.0 Å².